The Labute approximate surface area is 120 Å². The first-order valence-electron chi connectivity index (χ1n) is 6.92. The molecule has 0 saturated carbocycles. The summed E-state index contributed by atoms with van der Waals surface area (Å²) in [5, 5.41) is 3.34. The number of aromatic nitrogens is 1. The van der Waals surface area contributed by atoms with Gasteiger partial charge < -0.3 is 14.5 Å². The molecule has 0 unspecified atom stereocenters. The van der Waals surface area contributed by atoms with E-state index < -0.39 is 0 Å². The van der Waals surface area contributed by atoms with E-state index in [2.05, 4.69) is 30.2 Å². The number of ether oxygens (including phenoxy) is 1. The van der Waals surface area contributed by atoms with Crippen LogP contribution in [0.2, 0.25) is 0 Å². The summed E-state index contributed by atoms with van der Waals surface area (Å²) in [6, 6.07) is 6.30. The maximum atomic E-state index is 5.80. The largest absolute Gasteiger partial charge is 0.487 e. The van der Waals surface area contributed by atoms with Crippen molar-refractivity contribution in [2.24, 2.45) is 0 Å². The van der Waals surface area contributed by atoms with Crippen LogP contribution >= 0.6 is 0 Å². The van der Waals surface area contributed by atoms with Crippen molar-refractivity contribution in [3.63, 3.8) is 0 Å². The van der Waals surface area contributed by atoms with Crippen LogP contribution in [0.25, 0.3) is 0 Å². The van der Waals surface area contributed by atoms with Gasteiger partial charge in [-0.05, 0) is 32.0 Å². The molecule has 4 heteroatoms. The van der Waals surface area contributed by atoms with Gasteiger partial charge >= 0.3 is 0 Å². The minimum atomic E-state index is 0.443. The van der Waals surface area contributed by atoms with Gasteiger partial charge in [-0.25, -0.2) is 0 Å². The molecule has 0 fully saturated rings. The highest BCUT2D eigenvalue weighted by atomic mass is 16.5. The lowest BCUT2D eigenvalue weighted by Crippen LogP contribution is -2.21. The van der Waals surface area contributed by atoms with Crippen molar-refractivity contribution in [1.82, 2.24) is 10.3 Å². The summed E-state index contributed by atoms with van der Waals surface area (Å²) in [5.74, 6) is 2.67. The van der Waals surface area contributed by atoms with Gasteiger partial charge in [-0.15, -0.1) is 0 Å². The zero-order chi connectivity index (χ0) is 14.5. The van der Waals surface area contributed by atoms with Crippen molar-refractivity contribution in [1.29, 1.82) is 0 Å². The predicted octanol–water partition coefficient (Wildman–Crippen LogP) is 3.37. The summed E-state index contributed by atoms with van der Waals surface area (Å²) in [7, 11) is 0. The topological polar surface area (TPSA) is 47.3 Å². The quantitative estimate of drug-likeness (QED) is 0.877. The number of furan rings is 1. The van der Waals surface area contributed by atoms with E-state index in [1.807, 2.05) is 26.0 Å². The van der Waals surface area contributed by atoms with Crippen molar-refractivity contribution < 1.29 is 9.15 Å². The Morgan fingerprint density at radius 3 is 2.85 bits per heavy atom. The Hall–Kier alpha value is -1.81. The molecule has 2 aromatic rings. The molecule has 2 rings (SSSR count). The van der Waals surface area contributed by atoms with Gasteiger partial charge in [-0.2, -0.15) is 0 Å². The SMILES string of the molecule is Cc1ncccc1OCc1cc(CNC(C)C)oc1C. The third kappa shape index (κ3) is 3.84. The normalized spacial score (nSPS) is 11.1. The second-order valence-electron chi connectivity index (χ2n) is 5.21. The molecule has 108 valence electrons. The van der Waals surface area contributed by atoms with Gasteiger partial charge in [0, 0.05) is 17.8 Å². The number of aryl methyl sites for hydroxylation is 2. The van der Waals surface area contributed by atoms with Crippen LogP contribution in [0.5, 0.6) is 5.75 Å². The molecule has 0 aliphatic carbocycles. The first-order valence-corrected chi connectivity index (χ1v) is 6.92. The number of nitrogens with zero attached hydrogens (tertiary/aromatic N) is 1. The van der Waals surface area contributed by atoms with Gasteiger partial charge in [0.15, 0.2) is 0 Å². The van der Waals surface area contributed by atoms with E-state index in [0.29, 0.717) is 12.6 Å². The molecule has 0 amide bonds. The molecule has 0 bridgehead atoms. The molecule has 4 nitrogen and oxygen atoms in total. The minimum Gasteiger partial charge on any atom is -0.487 e. The summed E-state index contributed by atoms with van der Waals surface area (Å²) < 4.78 is 11.5. The van der Waals surface area contributed by atoms with E-state index in [0.717, 1.165) is 35.1 Å². The van der Waals surface area contributed by atoms with Crippen molar-refractivity contribution in [3.05, 3.63) is 47.2 Å². The van der Waals surface area contributed by atoms with Gasteiger partial charge in [-0.3, -0.25) is 4.98 Å². The maximum Gasteiger partial charge on any atom is 0.141 e. The molecule has 0 aliphatic heterocycles. The molecule has 2 heterocycles. The Morgan fingerprint density at radius 2 is 2.15 bits per heavy atom. The Morgan fingerprint density at radius 1 is 1.35 bits per heavy atom. The Kier molecular flexibility index (Phi) is 4.79. The molecule has 0 aromatic carbocycles. The molecule has 0 atom stereocenters. The summed E-state index contributed by atoms with van der Waals surface area (Å²) >= 11 is 0. The molecule has 2 aromatic heterocycles. The Bertz CT molecular complexity index is 561. The van der Waals surface area contributed by atoms with Crippen molar-refractivity contribution in [2.75, 3.05) is 0 Å². The van der Waals surface area contributed by atoms with Gasteiger partial charge in [0.05, 0.1) is 12.2 Å². The van der Waals surface area contributed by atoms with Gasteiger partial charge in [0.2, 0.25) is 0 Å². The first-order chi connectivity index (χ1) is 9.56. The zero-order valence-corrected chi connectivity index (χ0v) is 12.6. The monoisotopic (exact) mass is 274 g/mol. The molecule has 0 spiro atoms. The molecular weight excluding hydrogens is 252 g/mol. The molecule has 20 heavy (non-hydrogen) atoms. The standard InChI is InChI=1S/C16H22N2O2/c1-11(2)18-9-15-8-14(13(4)20-15)10-19-16-6-5-7-17-12(16)3/h5-8,11,18H,9-10H2,1-4H3. The molecule has 1 N–H and O–H groups in total. The Balaban J connectivity index is 1.98. The fourth-order valence-electron chi connectivity index (χ4n) is 1.90. The number of pyridine rings is 1. The number of hydrogen-bond donors (Lipinski definition) is 1. The van der Waals surface area contributed by atoms with E-state index in [1.54, 1.807) is 6.20 Å². The van der Waals surface area contributed by atoms with Crippen LogP contribution in [0.1, 0.15) is 36.6 Å². The lowest BCUT2D eigenvalue weighted by Gasteiger charge is -2.06. The zero-order valence-electron chi connectivity index (χ0n) is 12.6. The number of nitrogens with one attached hydrogen (secondary N) is 1. The fraction of sp³-hybridized carbons (Fsp3) is 0.438. The van der Waals surface area contributed by atoms with Gasteiger partial charge in [0.1, 0.15) is 23.9 Å². The lowest BCUT2D eigenvalue weighted by molar-refractivity contribution is 0.299. The molecule has 0 saturated heterocycles. The predicted molar refractivity (Wildman–Crippen MR) is 78.7 cm³/mol. The average molecular weight is 274 g/mol. The third-order valence-electron chi connectivity index (χ3n) is 3.10. The van der Waals surface area contributed by atoms with Crippen molar-refractivity contribution in [3.8, 4) is 5.75 Å². The number of hydrogen-bond acceptors (Lipinski definition) is 4. The van der Waals surface area contributed by atoms with Crippen LogP contribution in [0.15, 0.2) is 28.8 Å². The van der Waals surface area contributed by atoms with Crippen molar-refractivity contribution in [2.45, 2.75) is 46.9 Å². The maximum absolute atomic E-state index is 5.80. The van der Waals surface area contributed by atoms with Crippen LogP contribution in [0, 0.1) is 13.8 Å². The minimum absolute atomic E-state index is 0.443. The van der Waals surface area contributed by atoms with Crippen molar-refractivity contribution >= 4 is 0 Å². The second kappa shape index (κ2) is 6.57. The van der Waals surface area contributed by atoms with E-state index in [-0.39, 0.29) is 0 Å². The van der Waals surface area contributed by atoms with Crippen LogP contribution < -0.4 is 10.1 Å². The third-order valence-corrected chi connectivity index (χ3v) is 3.10. The van der Waals surface area contributed by atoms with Crippen LogP contribution in [-0.2, 0) is 13.2 Å². The number of rotatable bonds is 6. The van der Waals surface area contributed by atoms with Gasteiger partial charge in [-0.1, -0.05) is 13.8 Å². The van der Waals surface area contributed by atoms with E-state index in [4.69, 9.17) is 9.15 Å². The summed E-state index contributed by atoms with van der Waals surface area (Å²) in [6.07, 6.45) is 1.76. The van der Waals surface area contributed by atoms with E-state index in [9.17, 15) is 0 Å². The summed E-state index contributed by atoms with van der Waals surface area (Å²) in [5.41, 5.74) is 1.98. The average Bonchev–Trinajstić information content (AvgIpc) is 2.76. The molecule has 0 aliphatic rings. The highest BCUT2D eigenvalue weighted by Crippen LogP contribution is 2.19. The smallest absolute Gasteiger partial charge is 0.141 e. The lowest BCUT2D eigenvalue weighted by atomic mass is 10.2. The van der Waals surface area contributed by atoms with E-state index in [1.165, 1.54) is 0 Å². The molecule has 0 radical (unpaired) electrons. The van der Waals surface area contributed by atoms with Crippen LogP contribution in [0.4, 0.5) is 0 Å². The fourth-order valence-corrected chi connectivity index (χ4v) is 1.90. The van der Waals surface area contributed by atoms with E-state index >= 15 is 0 Å². The second-order valence-corrected chi connectivity index (χ2v) is 5.21. The molecular formula is C16H22N2O2. The highest BCUT2D eigenvalue weighted by molar-refractivity contribution is 5.27. The summed E-state index contributed by atoms with van der Waals surface area (Å²) in [6.45, 7) is 9.38. The highest BCUT2D eigenvalue weighted by Gasteiger charge is 2.09. The van der Waals surface area contributed by atoms with Crippen LogP contribution in [0.3, 0.4) is 0 Å². The van der Waals surface area contributed by atoms with Crippen LogP contribution in [-0.4, -0.2) is 11.0 Å². The van der Waals surface area contributed by atoms with Gasteiger partial charge in [0.25, 0.3) is 0 Å². The first kappa shape index (κ1) is 14.6. The summed E-state index contributed by atoms with van der Waals surface area (Å²) in [4.78, 5) is 4.21.